The van der Waals surface area contributed by atoms with Crippen molar-refractivity contribution in [2.75, 3.05) is 0 Å². The van der Waals surface area contributed by atoms with Crippen molar-refractivity contribution in [3.63, 3.8) is 0 Å². The molecule has 0 aliphatic rings. The van der Waals surface area contributed by atoms with Crippen LogP contribution in [0.3, 0.4) is 0 Å². The Kier molecular flexibility index (Phi) is 4.70. The number of aromatic nitrogens is 2. The molecule has 0 unspecified atom stereocenters. The fourth-order valence-corrected chi connectivity index (χ4v) is 1.79. The Morgan fingerprint density at radius 1 is 1.29 bits per heavy atom. The van der Waals surface area contributed by atoms with E-state index < -0.39 is 17.6 Å². The average molecular weight is 266 g/mol. The summed E-state index contributed by atoms with van der Waals surface area (Å²) in [4.78, 5) is 10.5. The molecule has 0 spiro atoms. The quantitative estimate of drug-likeness (QED) is 0.837. The zero-order valence-corrected chi connectivity index (χ0v) is 8.46. The normalized spacial score (nSPS) is 9.76. The number of benzene rings is 1. The van der Waals surface area contributed by atoms with Gasteiger partial charge in [0, 0.05) is 11.6 Å². The molecule has 8 heteroatoms. The zero-order chi connectivity index (χ0) is 11.7. The van der Waals surface area contributed by atoms with Crippen LogP contribution >= 0.6 is 11.3 Å². The SMILES string of the molecule is O=C(O)c1nnc(-c2ccc(F)cc2F)s1.[NaH]. The molecule has 1 aromatic heterocycles. The molecule has 84 valence electrons. The van der Waals surface area contributed by atoms with Crippen LogP contribution in [-0.2, 0) is 0 Å². The molecule has 1 N–H and O–H groups in total. The Labute approximate surface area is 121 Å². The number of carboxylic acid groups (broad SMARTS) is 1. The number of carboxylic acids is 1. The van der Waals surface area contributed by atoms with Crippen LogP contribution in [0.2, 0.25) is 0 Å². The van der Waals surface area contributed by atoms with E-state index in [0.717, 1.165) is 17.4 Å². The monoisotopic (exact) mass is 266 g/mol. The summed E-state index contributed by atoms with van der Waals surface area (Å²) in [6.45, 7) is 0. The molecule has 0 fully saturated rings. The third-order valence-corrected chi connectivity index (χ3v) is 2.71. The van der Waals surface area contributed by atoms with Crippen LogP contribution in [0, 0.1) is 11.6 Å². The summed E-state index contributed by atoms with van der Waals surface area (Å²) in [5.41, 5.74) is 0.0337. The number of halogens is 2. The number of hydrogen-bond donors (Lipinski definition) is 1. The van der Waals surface area contributed by atoms with E-state index in [1.807, 2.05) is 0 Å². The molecular weight excluding hydrogens is 261 g/mol. The molecule has 0 saturated heterocycles. The molecule has 0 saturated carbocycles. The Balaban J connectivity index is 0.00000144. The third kappa shape index (κ3) is 3.06. The van der Waals surface area contributed by atoms with Crippen LogP contribution in [0.1, 0.15) is 9.80 Å². The predicted octanol–water partition coefficient (Wildman–Crippen LogP) is 1.53. The topological polar surface area (TPSA) is 63.1 Å². The first kappa shape index (κ1) is 14.2. The summed E-state index contributed by atoms with van der Waals surface area (Å²) in [5.74, 6) is -2.73. The van der Waals surface area contributed by atoms with Gasteiger partial charge in [-0.2, -0.15) is 0 Å². The molecule has 0 aliphatic heterocycles. The number of hydrogen-bond acceptors (Lipinski definition) is 4. The van der Waals surface area contributed by atoms with Crippen LogP contribution in [0.4, 0.5) is 8.78 Å². The van der Waals surface area contributed by atoms with E-state index in [2.05, 4.69) is 10.2 Å². The van der Waals surface area contributed by atoms with Crippen molar-refractivity contribution < 1.29 is 18.7 Å². The van der Waals surface area contributed by atoms with Crippen LogP contribution in [0.15, 0.2) is 18.2 Å². The first-order valence-electron chi connectivity index (χ1n) is 4.10. The molecule has 0 amide bonds. The van der Waals surface area contributed by atoms with Gasteiger partial charge in [-0.15, -0.1) is 10.2 Å². The molecule has 2 rings (SSSR count). The van der Waals surface area contributed by atoms with Gasteiger partial charge in [0.1, 0.15) is 11.6 Å². The Hall–Kier alpha value is -0.890. The molecule has 0 bridgehead atoms. The molecule has 1 heterocycles. The average Bonchev–Trinajstić information content (AvgIpc) is 2.66. The maximum absolute atomic E-state index is 13.3. The van der Waals surface area contributed by atoms with Crippen molar-refractivity contribution in [2.24, 2.45) is 0 Å². The van der Waals surface area contributed by atoms with Gasteiger partial charge in [-0.25, -0.2) is 13.6 Å². The van der Waals surface area contributed by atoms with Gasteiger partial charge >= 0.3 is 35.5 Å². The van der Waals surface area contributed by atoms with E-state index in [1.54, 1.807) is 0 Å². The van der Waals surface area contributed by atoms with Crippen LogP contribution < -0.4 is 0 Å². The maximum atomic E-state index is 13.3. The van der Waals surface area contributed by atoms with Crippen molar-refractivity contribution in [2.45, 2.75) is 0 Å². The van der Waals surface area contributed by atoms with Crippen molar-refractivity contribution in [1.82, 2.24) is 10.2 Å². The molecule has 0 radical (unpaired) electrons. The van der Waals surface area contributed by atoms with E-state index in [1.165, 1.54) is 6.07 Å². The standard InChI is InChI=1S/C9H4F2N2O2S.Na.H/c10-4-1-2-5(6(11)3-4)7-12-13-8(16-7)9(14)15;;/h1-3H,(H,14,15);;. The van der Waals surface area contributed by atoms with Crippen LogP contribution in [0.25, 0.3) is 10.6 Å². The van der Waals surface area contributed by atoms with Crippen molar-refractivity contribution >= 4 is 46.9 Å². The molecule has 0 atom stereocenters. The van der Waals surface area contributed by atoms with Crippen LogP contribution in [0.5, 0.6) is 0 Å². The fourth-order valence-electron chi connectivity index (χ4n) is 1.08. The first-order chi connectivity index (χ1) is 7.58. The molecule has 4 nitrogen and oxygen atoms in total. The summed E-state index contributed by atoms with van der Waals surface area (Å²) in [5, 5.41) is 15.4. The molecule has 2 aromatic rings. The van der Waals surface area contributed by atoms with Gasteiger partial charge in [0.15, 0.2) is 5.01 Å². The minimum absolute atomic E-state index is 0. The van der Waals surface area contributed by atoms with Gasteiger partial charge in [-0.05, 0) is 12.1 Å². The van der Waals surface area contributed by atoms with Gasteiger partial charge in [-0.1, -0.05) is 11.3 Å². The number of rotatable bonds is 2. The van der Waals surface area contributed by atoms with Gasteiger partial charge in [-0.3, -0.25) is 0 Å². The summed E-state index contributed by atoms with van der Waals surface area (Å²) >= 11 is 0.730. The van der Waals surface area contributed by atoms with E-state index in [-0.39, 0.29) is 45.1 Å². The predicted molar refractivity (Wildman–Crippen MR) is 59.4 cm³/mol. The summed E-state index contributed by atoms with van der Waals surface area (Å²) in [6, 6.07) is 2.97. The number of carbonyl (C=O) groups is 1. The van der Waals surface area contributed by atoms with Crippen molar-refractivity contribution in [3.05, 3.63) is 34.8 Å². The number of nitrogens with zero attached hydrogens (tertiary/aromatic N) is 2. The summed E-state index contributed by atoms with van der Waals surface area (Å²) in [7, 11) is 0. The van der Waals surface area contributed by atoms with Gasteiger partial charge in [0.25, 0.3) is 0 Å². The van der Waals surface area contributed by atoms with E-state index in [4.69, 9.17) is 5.11 Å². The first-order valence-corrected chi connectivity index (χ1v) is 4.92. The van der Waals surface area contributed by atoms with Gasteiger partial charge in [0.05, 0.1) is 0 Å². The van der Waals surface area contributed by atoms with Crippen LogP contribution in [-0.4, -0.2) is 50.8 Å². The van der Waals surface area contributed by atoms with E-state index in [0.29, 0.717) is 6.07 Å². The molecule has 17 heavy (non-hydrogen) atoms. The van der Waals surface area contributed by atoms with E-state index in [9.17, 15) is 13.6 Å². The van der Waals surface area contributed by atoms with Crippen molar-refractivity contribution in [3.8, 4) is 10.6 Å². The second kappa shape index (κ2) is 5.63. The zero-order valence-electron chi connectivity index (χ0n) is 7.65. The minimum atomic E-state index is -1.23. The Morgan fingerprint density at radius 2 is 2.00 bits per heavy atom. The second-order valence-electron chi connectivity index (χ2n) is 2.84. The number of aromatic carboxylic acids is 1. The van der Waals surface area contributed by atoms with Gasteiger partial charge < -0.3 is 5.11 Å². The molecule has 0 aliphatic carbocycles. The van der Waals surface area contributed by atoms with E-state index >= 15 is 0 Å². The van der Waals surface area contributed by atoms with Crippen molar-refractivity contribution in [1.29, 1.82) is 0 Å². The molecule has 1 aromatic carbocycles. The summed E-state index contributed by atoms with van der Waals surface area (Å²) < 4.78 is 25.9. The molecular formula is C9H5F2N2NaO2S. The third-order valence-electron chi connectivity index (χ3n) is 1.77. The Bertz CT molecular complexity index is 562. The fraction of sp³-hybridized carbons (Fsp3) is 0. The Morgan fingerprint density at radius 3 is 2.53 bits per heavy atom. The van der Waals surface area contributed by atoms with Gasteiger partial charge in [0.2, 0.25) is 5.01 Å². The summed E-state index contributed by atoms with van der Waals surface area (Å²) in [6.07, 6.45) is 0. The second-order valence-corrected chi connectivity index (χ2v) is 3.82.